The number of fused-ring (bicyclic) bond motifs is 1. The Bertz CT molecular complexity index is 1280. The van der Waals surface area contributed by atoms with Gasteiger partial charge in [-0.15, -0.1) is 0 Å². The average molecular weight is 446 g/mol. The van der Waals surface area contributed by atoms with Crippen LogP contribution >= 0.6 is 11.3 Å². The monoisotopic (exact) mass is 446 g/mol. The maximum Gasteiger partial charge on any atom is 0.433 e. The van der Waals surface area contributed by atoms with E-state index in [1.165, 1.54) is 7.11 Å². The van der Waals surface area contributed by atoms with Crippen LogP contribution in [0.1, 0.15) is 24.6 Å². The summed E-state index contributed by atoms with van der Waals surface area (Å²) in [6, 6.07) is 13.6. The molecule has 4 aromatic rings. The zero-order chi connectivity index (χ0) is 22.2. The van der Waals surface area contributed by atoms with Gasteiger partial charge in [-0.25, -0.2) is 4.98 Å². The number of halogens is 3. The molecule has 0 fully saturated rings. The predicted molar refractivity (Wildman–Crippen MR) is 114 cm³/mol. The molecule has 160 valence electrons. The second-order valence-electron chi connectivity index (χ2n) is 6.57. The summed E-state index contributed by atoms with van der Waals surface area (Å²) in [6.45, 7) is 1.65. The molecule has 2 aromatic heterocycles. The van der Waals surface area contributed by atoms with Gasteiger partial charge in [0.1, 0.15) is 5.75 Å². The van der Waals surface area contributed by atoms with Crippen LogP contribution in [-0.2, 0) is 6.18 Å². The average Bonchev–Trinajstić information content (AvgIpc) is 3.33. The molecular weight excluding hydrogens is 429 g/mol. The van der Waals surface area contributed by atoms with Crippen molar-refractivity contribution in [3.05, 3.63) is 70.1 Å². The number of aromatic amines is 1. The zero-order valence-electron chi connectivity index (χ0n) is 16.5. The summed E-state index contributed by atoms with van der Waals surface area (Å²) >= 11 is 1.12. The second-order valence-corrected chi connectivity index (χ2v) is 7.58. The Labute approximate surface area is 178 Å². The Kier molecular flexibility index (Phi) is 5.40. The fourth-order valence-corrected chi connectivity index (χ4v) is 4.05. The lowest BCUT2D eigenvalue weighted by molar-refractivity contribution is -0.141. The number of rotatable bonds is 5. The number of nitrogens with zero attached hydrogens (tertiary/aromatic N) is 3. The first-order valence-corrected chi connectivity index (χ1v) is 10.1. The highest BCUT2D eigenvalue weighted by atomic mass is 32.1. The number of nitrogens with one attached hydrogen (secondary N) is 1. The van der Waals surface area contributed by atoms with Gasteiger partial charge in [0.25, 0.3) is 5.56 Å². The molecule has 6 nitrogen and oxygen atoms in total. The van der Waals surface area contributed by atoms with Crippen molar-refractivity contribution in [3.63, 3.8) is 0 Å². The highest BCUT2D eigenvalue weighted by molar-refractivity contribution is 7.20. The van der Waals surface area contributed by atoms with Crippen molar-refractivity contribution in [2.24, 2.45) is 4.99 Å². The van der Waals surface area contributed by atoms with Gasteiger partial charge in [-0.2, -0.15) is 17.9 Å². The number of hydrogen-bond donors (Lipinski definition) is 1. The van der Waals surface area contributed by atoms with E-state index in [1.54, 1.807) is 55.5 Å². The van der Waals surface area contributed by atoms with Gasteiger partial charge in [0.2, 0.25) is 5.13 Å². The number of thiazole rings is 1. The highest BCUT2D eigenvalue weighted by Crippen LogP contribution is 2.32. The van der Waals surface area contributed by atoms with Gasteiger partial charge in [0.15, 0.2) is 5.69 Å². The minimum atomic E-state index is -4.77. The van der Waals surface area contributed by atoms with Crippen molar-refractivity contribution < 1.29 is 17.9 Å². The normalized spacial score (nSPS) is 12.5. The summed E-state index contributed by atoms with van der Waals surface area (Å²) in [5.74, 6) is 0.591. The van der Waals surface area contributed by atoms with Crippen LogP contribution in [0, 0.1) is 0 Å². The number of alkyl halides is 3. The molecule has 0 aliphatic carbocycles. The summed E-state index contributed by atoms with van der Waals surface area (Å²) in [5, 5.41) is 2.34. The molecule has 0 unspecified atom stereocenters. The molecular formula is C21H17F3N4O2S. The van der Waals surface area contributed by atoms with Crippen LogP contribution in [0.15, 0.2) is 58.3 Å². The van der Waals surface area contributed by atoms with Gasteiger partial charge in [0, 0.05) is 0 Å². The van der Waals surface area contributed by atoms with E-state index in [4.69, 9.17) is 4.74 Å². The lowest BCUT2D eigenvalue weighted by atomic mass is 10.1. The number of para-hydroxylation sites is 1. The first-order chi connectivity index (χ1) is 14.8. The van der Waals surface area contributed by atoms with Crippen molar-refractivity contribution in [2.45, 2.75) is 19.5 Å². The molecule has 0 saturated heterocycles. The van der Waals surface area contributed by atoms with Crippen LogP contribution in [0.3, 0.4) is 0 Å². The largest absolute Gasteiger partial charge is 0.497 e. The van der Waals surface area contributed by atoms with E-state index in [1.807, 2.05) is 0 Å². The van der Waals surface area contributed by atoms with Crippen LogP contribution < -0.4 is 10.3 Å². The standard InChI is InChI=1S/C21H17F3N4O2S/c1-3-14(25-12-8-10-13(30-2)11-9-12)17-18(21(22,23)24)27-28(19(17)29)20-26-15-6-4-5-7-16(15)31-20/h4-11,27H,3H2,1-2H3. The molecule has 31 heavy (non-hydrogen) atoms. The number of aliphatic imine (C=N–C) groups is 1. The molecule has 10 heteroatoms. The number of hydrogen-bond acceptors (Lipinski definition) is 5. The quantitative estimate of drug-likeness (QED) is 0.421. The third kappa shape index (κ3) is 3.98. The third-order valence-corrected chi connectivity index (χ3v) is 5.63. The first-order valence-electron chi connectivity index (χ1n) is 9.32. The van der Waals surface area contributed by atoms with Gasteiger partial charge >= 0.3 is 6.18 Å². The fraction of sp³-hybridized carbons (Fsp3) is 0.190. The third-order valence-electron chi connectivity index (χ3n) is 4.61. The molecule has 0 radical (unpaired) electrons. The summed E-state index contributed by atoms with van der Waals surface area (Å²) in [4.78, 5) is 21.7. The molecule has 2 aromatic carbocycles. The van der Waals surface area contributed by atoms with E-state index in [0.717, 1.165) is 20.7 Å². The minimum absolute atomic E-state index is 0.0265. The molecule has 1 N–H and O–H groups in total. The maximum atomic E-state index is 13.8. The predicted octanol–water partition coefficient (Wildman–Crippen LogP) is 5.33. The number of methoxy groups -OCH3 is 1. The summed E-state index contributed by atoms with van der Waals surface area (Å²) < 4.78 is 48.2. The van der Waals surface area contributed by atoms with E-state index in [0.29, 0.717) is 17.0 Å². The molecule has 2 heterocycles. The fourth-order valence-electron chi connectivity index (χ4n) is 3.12. The van der Waals surface area contributed by atoms with Gasteiger partial charge in [0.05, 0.1) is 34.3 Å². The van der Waals surface area contributed by atoms with Crippen molar-refractivity contribution >= 4 is 33.0 Å². The molecule has 0 atom stereocenters. The van der Waals surface area contributed by atoms with Crippen molar-refractivity contribution in [2.75, 3.05) is 7.11 Å². The maximum absolute atomic E-state index is 13.8. The molecule has 0 aliphatic rings. The van der Waals surface area contributed by atoms with Crippen LogP contribution in [0.25, 0.3) is 15.3 Å². The van der Waals surface area contributed by atoms with Crippen molar-refractivity contribution in [1.82, 2.24) is 14.8 Å². The van der Waals surface area contributed by atoms with Crippen LogP contribution in [-0.4, -0.2) is 27.6 Å². The van der Waals surface area contributed by atoms with Crippen LogP contribution in [0.4, 0.5) is 18.9 Å². The Morgan fingerprint density at radius 1 is 1.19 bits per heavy atom. The Hall–Kier alpha value is -3.40. The Balaban J connectivity index is 1.89. The smallest absolute Gasteiger partial charge is 0.433 e. The Morgan fingerprint density at radius 2 is 1.90 bits per heavy atom. The topological polar surface area (TPSA) is 72.3 Å². The zero-order valence-corrected chi connectivity index (χ0v) is 17.3. The van der Waals surface area contributed by atoms with E-state index in [2.05, 4.69) is 15.1 Å². The highest BCUT2D eigenvalue weighted by Gasteiger charge is 2.39. The molecule has 0 amide bonds. The van der Waals surface area contributed by atoms with Crippen LogP contribution in [0.2, 0.25) is 0 Å². The summed E-state index contributed by atoms with van der Waals surface area (Å²) in [5.41, 5.74) is -1.46. The number of aromatic nitrogens is 3. The van der Waals surface area contributed by atoms with Gasteiger partial charge in [-0.05, 0) is 42.8 Å². The lowest BCUT2D eigenvalue weighted by Gasteiger charge is -2.08. The molecule has 0 saturated carbocycles. The van der Waals surface area contributed by atoms with Crippen LogP contribution in [0.5, 0.6) is 5.75 Å². The number of benzene rings is 2. The SMILES string of the molecule is CCC(=Nc1ccc(OC)cc1)c1c(C(F)(F)F)[nH]n(-c2nc3ccccc3s2)c1=O. The molecule has 0 aliphatic heterocycles. The minimum Gasteiger partial charge on any atom is -0.497 e. The molecule has 0 spiro atoms. The Morgan fingerprint density at radius 3 is 2.52 bits per heavy atom. The first kappa shape index (κ1) is 20.9. The van der Waals surface area contributed by atoms with E-state index >= 15 is 0 Å². The number of H-pyrrole nitrogens is 1. The van der Waals surface area contributed by atoms with Crippen molar-refractivity contribution in [1.29, 1.82) is 0 Å². The van der Waals surface area contributed by atoms with E-state index in [-0.39, 0.29) is 17.3 Å². The van der Waals surface area contributed by atoms with Gasteiger partial charge < -0.3 is 4.74 Å². The molecule has 0 bridgehead atoms. The lowest BCUT2D eigenvalue weighted by Crippen LogP contribution is -2.21. The molecule has 4 rings (SSSR count). The summed E-state index contributed by atoms with van der Waals surface area (Å²) in [6.07, 6.45) is -4.64. The van der Waals surface area contributed by atoms with Gasteiger partial charge in [-0.3, -0.25) is 14.9 Å². The number of ether oxygens (including phenoxy) is 1. The van der Waals surface area contributed by atoms with E-state index < -0.39 is 23.0 Å². The van der Waals surface area contributed by atoms with E-state index in [9.17, 15) is 18.0 Å². The van der Waals surface area contributed by atoms with Gasteiger partial charge in [-0.1, -0.05) is 30.4 Å². The van der Waals surface area contributed by atoms with Crippen molar-refractivity contribution in [3.8, 4) is 10.9 Å². The summed E-state index contributed by atoms with van der Waals surface area (Å²) in [7, 11) is 1.51. The second kappa shape index (κ2) is 8.03.